The fourth-order valence-electron chi connectivity index (χ4n) is 1.59. The summed E-state index contributed by atoms with van der Waals surface area (Å²) < 4.78 is 4.33. The van der Waals surface area contributed by atoms with Crippen LogP contribution in [0.2, 0.25) is 0 Å². The summed E-state index contributed by atoms with van der Waals surface area (Å²) in [4.78, 5) is 25.8. The van der Waals surface area contributed by atoms with Crippen molar-refractivity contribution in [1.82, 2.24) is 0 Å². The van der Waals surface area contributed by atoms with Crippen molar-refractivity contribution in [3.8, 4) is 0 Å². The van der Waals surface area contributed by atoms with Gasteiger partial charge in [0.25, 0.3) is 5.78 Å². The summed E-state index contributed by atoms with van der Waals surface area (Å²) in [6, 6.07) is 8.52. The molecule has 0 heterocycles. The van der Waals surface area contributed by atoms with Crippen LogP contribution in [0.15, 0.2) is 30.3 Å². The van der Waals surface area contributed by atoms with Gasteiger partial charge in [-0.1, -0.05) is 37.3 Å². The molecule has 2 unspecified atom stereocenters. The predicted molar refractivity (Wildman–Crippen MR) is 66.2 cm³/mol. The zero-order valence-electron chi connectivity index (χ0n) is 10.6. The number of rotatable bonds is 5. The molecule has 0 amide bonds. The van der Waals surface area contributed by atoms with Gasteiger partial charge in [-0.15, -0.1) is 0 Å². The second kappa shape index (κ2) is 6.58. The number of ether oxygens (including phenoxy) is 1. The van der Waals surface area contributed by atoms with Crippen LogP contribution >= 0.6 is 0 Å². The molecule has 0 aliphatic rings. The van der Waals surface area contributed by atoms with Crippen LogP contribution in [0.4, 0.5) is 0 Å². The Morgan fingerprint density at radius 3 is 2.37 bits per heavy atom. The van der Waals surface area contributed by atoms with Crippen LogP contribution in [0, 0.1) is 5.92 Å². The zero-order chi connectivity index (χ0) is 14.4. The van der Waals surface area contributed by atoms with Gasteiger partial charge < -0.3 is 15.4 Å². The molecular weight excluding hydrogens is 248 g/mol. The molecule has 0 aliphatic heterocycles. The van der Waals surface area contributed by atoms with E-state index in [4.69, 9.17) is 5.53 Å². The van der Waals surface area contributed by atoms with Gasteiger partial charge >= 0.3 is 11.7 Å². The molecule has 2 atom stereocenters. The average Bonchev–Trinajstić information content (AvgIpc) is 2.46. The Morgan fingerprint density at radius 2 is 1.89 bits per heavy atom. The standard InChI is InChI=1S/C13H14N2O4/c1-8(11(16)9-6-4-3-5-7-9)12(17)10(15-14)13(18)19-2/h3-8,11,16H,1-2H3. The van der Waals surface area contributed by atoms with E-state index in [-0.39, 0.29) is 0 Å². The first-order chi connectivity index (χ1) is 9.02. The summed E-state index contributed by atoms with van der Waals surface area (Å²) in [5.74, 6) is -2.77. The summed E-state index contributed by atoms with van der Waals surface area (Å²) in [5.41, 5.74) is 8.49. The molecule has 6 nitrogen and oxygen atoms in total. The minimum absolute atomic E-state index is 0.533. The second-order valence-electron chi connectivity index (χ2n) is 3.95. The molecule has 0 fully saturated rings. The lowest BCUT2D eigenvalue weighted by Crippen LogP contribution is -2.33. The van der Waals surface area contributed by atoms with E-state index in [2.05, 4.69) is 9.53 Å². The van der Waals surface area contributed by atoms with Crippen LogP contribution in [0.25, 0.3) is 5.53 Å². The van der Waals surface area contributed by atoms with E-state index in [9.17, 15) is 14.7 Å². The lowest BCUT2D eigenvalue weighted by molar-refractivity contribution is -0.140. The van der Waals surface area contributed by atoms with Crippen molar-refractivity contribution in [2.24, 2.45) is 5.92 Å². The Labute approximate surface area is 110 Å². The van der Waals surface area contributed by atoms with Gasteiger partial charge in [-0.3, -0.25) is 4.79 Å². The maximum Gasteiger partial charge on any atom is 0.441 e. The molecule has 0 spiro atoms. The van der Waals surface area contributed by atoms with Gasteiger partial charge in [-0.2, -0.15) is 4.79 Å². The van der Waals surface area contributed by atoms with Gasteiger partial charge in [0.15, 0.2) is 0 Å². The molecule has 1 N–H and O–H groups in total. The van der Waals surface area contributed by atoms with Crippen LogP contribution in [-0.2, 0) is 14.3 Å². The monoisotopic (exact) mass is 262 g/mol. The molecule has 0 saturated carbocycles. The number of hydrogen-bond acceptors (Lipinski definition) is 4. The number of carbonyl (C=O) groups is 2. The van der Waals surface area contributed by atoms with Crippen molar-refractivity contribution in [2.75, 3.05) is 7.11 Å². The molecule has 0 saturated heterocycles. The number of aliphatic hydroxyl groups excluding tert-OH is 1. The highest BCUT2D eigenvalue weighted by Gasteiger charge is 2.37. The first kappa shape index (κ1) is 14.8. The van der Waals surface area contributed by atoms with Crippen LogP contribution in [0.5, 0.6) is 0 Å². The lowest BCUT2D eigenvalue weighted by Gasteiger charge is -2.15. The number of esters is 1. The Kier molecular flexibility index (Phi) is 5.11. The molecule has 19 heavy (non-hydrogen) atoms. The number of Topliss-reactive ketones (excluding diaryl/α,β-unsaturated/α-hetero) is 1. The largest absolute Gasteiger partial charge is 0.460 e. The van der Waals surface area contributed by atoms with Gasteiger partial charge in [0.1, 0.15) is 0 Å². The second-order valence-corrected chi connectivity index (χ2v) is 3.95. The van der Waals surface area contributed by atoms with Gasteiger partial charge in [0.05, 0.1) is 19.1 Å². The fourth-order valence-corrected chi connectivity index (χ4v) is 1.59. The molecule has 0 radical (unpaired) electrons. The Hall–Kier alpha value is -2.30. The molecule has 1 aromatic rings. The molecule has 1 rings (SSSR count). The van der Waals surface area contributed by atoms with Crippen LogP contribution in [0.1, 0.15) is 18.6 Å². The Morgan fingerprint density at radius 1 is 1.32 bits per heavy atom. The number of hydrogen-bond donors (Lipinski definition) is 1. The highest BCUT2D eigenvalue weighted by atomic mass is 16.5. The van der Waals surface area contributed by atoms with E-state index >= 15 is 0 Å². The maximum atomic E-state index is 11.9. The Balaban J connectivity index is 2.94. The third-order valence-electron chi connectivity index (χ3n) is 2.74. The normalized spacial score (nSPS) is 13.0. The summed E-state index contributed by atoms with van der Waals surface area (Å²) in [7, 11) is 1.07. The zero-order valence-corrected chi connectivity index (χ0v) is 10.6. The first-order valence-electron chi connectivity index (χ1n) is 5.60. The molecular formula is C13H14N2O4. The van der Waals surface area contributed by atoms with Crippen molar-refractivity contribution in [3.63, 3.8) is 0 Å². The first-order valence-corrected chi connectivity index (χ1v) is 5.60. The lowest BCUT2D eigenvalue weighted by atomic mass is 9.91. The van der Waals surface area contributed by atoms with E-state index in [1.54, 1.807) is 30.3 Å². The predicted octanol–water partition coefficient (Wildman–Crippen LogP) is 0.769. The maximum absolute atomic E-state index is 11.9. The summed E-state index contributed by atoms with van der Waals surface area (Å²) in [5, 5.41) is 10.0. The number of aliphatic hydroxyl groups is 1. The number of benzene rings is 1. The van der Waals surface area contributed by atoms with Crippen molar-refractivity contribution in [3.05, 3.63) is 41.4 Å². The summed E-state index contributed by atoms with van der Waals surface area (Å²) in [6.07, 6.45) is -1.10. The van der Waals surface area contributed by atoms with Crippen LogP contribution < -0.4 is 0 Å². The van der Waals surface area contributed by atoms with Crippen LogP contribution in [-0.4, -0.2) is 34.5 Å². The highest BCUT2D eigenvalue weighted by Crippen LogP contribution is 2.22. The molecule has 0 aliphatic carbocycles. The number of carbonyl (C=O) groups excluding carboxylic acids is 2. The highest BCUT2D eigenvalue weighted by molar-refractivity contribution is 6.62. The molecule has 6 heteroatoms. The van der Waals surface area contributed by atoms with Crippen molar-refractivity contribution < 1.29 is 24.2 Å². The van der Waals surface area contributed by atoms with E-state index in [0.29, 0.717) is 5.56 Å². The van der Waals surface area contributed by atoms with E-state index in [0.717, 1.165) is 7.11 Å². The van der Waals surface area contributed by atoms with Gasteiger partial charge in [-0.25, -0.2) is 4.79 Å². The number of methoxy groups -OCH3 is 1. The van der Waals surface area contributed by atoms with E-state index < -0.39 is 29.5 Å². The molecule has 1 aromatic carbocycles. The van der Waals surface area contributed by atoms with Gasteiger partial charge in [-0.05, 0) is 5.56 Å². The minimum Gasteiger partial charge on any atom is -0.460 e. The summed E-state index contributed by atoms with van der Waals surface area (Å²) >= 11 is 0. The quantitative estimate of drug-likeness (QED) is 0.278. The number of ketones is 1. The molecule has 0 aromatic heterocycles. The molecule has 100 valence electrons. The number of nitrogens with zero attached hydrogens (tertiary/aromatic N) is 2. The van der Waals surface area contributed by atoms with Gasteiger partial charge in [0, 0.05) is 0 Å². The third-order valence-corrected chi connectivity index (χ3v) is 2.74. The van der Waals surface area contributed by atoms with E-state index in [1.807, 2.05) is 0 Å². The minimum atomic E-state index is -1.10. The van der Waals surface area contributed by atoms with E-state index in [1.165, 1.54) is 6.92 Å². The van der Waals surface area contributed by atoms with Crippen molar-refractivity contribution >= 4 is 17.5 Å². The van der Waals surface area contributed by atoms with Crippen molar-refractivity contribution in [1.29, 1.82) is 0 Å². The van der Waals surface area contributed by atoms with Crippen LogP contribution in [0.3, 0.4) is 0 Å². The Bertz CT molecular complexity index is 521. The SMILES string of the molecule is COC(=O)C(=[N+]=[N-])C(=O)C(C)C(O)c1ccccc1. The average molecular weight is 262 g/mol. The van der Waals surface area contributed by atoms with Gasteiger partial charge in [0.2, 0.25) is 0 Å². The van der Waals surface area contributed by atoms with Crippen molar-refractivity contribution in [2.45, 2.75) is 13.0 Å². The smallest absolute Gasteiger partial charge is 0.441 e. The fraction of sp³-hybridized carbons (Fsp3) is 0.308. The summed E-state index contributed by atoms with van der Waals surface area (Å²) in [6.45, 7) is 1.44. The topological polar surface area (TPSA) is 100 Å². The third kappa shape index (κ3) is 3.34. The molecule has 0 bridgehead atoms.